The number of fused-ring (bicyclic) bond motifs is 4. The van der Waals surface area contributed by atoms with E-state index in [9.17, 15) is 28.8 Å². The van der Waals surface area contributed by atoms with Gasteiger partial charge < -0.3 is 74.7 Å². The van der Waals surface area contributed by atoms with Crippen molar-refractivity contribution in [1.82, 2.24) is 50.5 Å². The number of hydrogen-bond donors (Lipinski definition) is 7. The quantitative estimate of drug-likeness (QED) is 0.0307. The predicted molar refractivity (Wildman–Crippen MR) is 327 cm³/mol. The number of ether oxygens (including phenoxy) is 5. The van der Waals surface area contributed by atoms with Crippen LogP contribution in [-0.2, 0) is 28.5 Å². The molecule has 3 unspecified atom stereocenters. The lowest BCUT2D eigenvalue weighted by atomic mass is 10.1. The Bertz CT molecular complexity index is 3720. The first-order valence-electron chi connectivity index (χ1n) is 28.5. The number of alkyl carbamates (subject to hydrolysis) is 1. The van der Waals surface area contributed by atoms with Crippen LogP contribution in [0.3, 0.4) is 0 Å². The number of nitrogens with zero attached hydrogens (tertiary/aromatic N) is 7. The Balaban J connectivity index is 0.000000152. The summed E-state index contributed by atoms with van der Waals surface area (Å²) in [5.41, 5.74) is 12.7. The van der Waals surface area contributed by atoms with Crippen molar-refractivity contribution in [2.45, 2.75) is 91.5 Å². The van der Waals surface area contributed by atoms with Crippen LogP contribution in [0.25, 0.3) is 44.1 Å². The topological polar surface area (TPSA) is 323 Å². The van der Waals surface area contributed by atoms with Crippen LogP contribution in [0.5, 0.6) is 0 Å². The Morgan fingerprint density at radius 1 is 0.570 bits per heavy atom. The summed E-state index contributed by atoms with van der Waals surface area (Å²) in [6, 6.07) is 7.56. The third-order valence-corrected chi connectivity index (χ3v) is 14.3. The van der Waals surface area contributed by atoms with Crippen LogP contribution in [0.4, 0.5) is 21.9 Å². The minimum Gasteiger partial charge on any atom is -0.462 e. The highest BCUT2D eigenvalue weighted by Gasteiger charge is 2.31. The van der Waals surface area contributed by atoms with Gasteiger partial charge in [-0.25, -0.2) is 43.9 Å². The summed E-state index contributed by atoms with van der Waals surface area (Å²) in [7, 11) is 0. The van der Waals surface area contributed by atoms with Crippen molar-refractivity contribution < 1.29 is 52.5 Å². The molecule has 8 aromatic heterocycles. The second-order valence-corrected chi connectivity index (χ2v) is 21.5. The number of carbonyl (C=O) groups is 6. The summed E-state index contributed by atoms with van der Waals surface area (Å²) in [4.78, 5) is 107. The fraction of sp³-hybridized carbons (Fsp3) is 0.400. The van der Waals surface area contributed by atoms with E-state index in [1.54, 1.807) is 83.3 Å². The zero-order valence-corrected chi connectivity index (χ0v) is 50.0. The molecule has 11 rings (SSSR count). The summed E-state index contributed by atoms with van der Waals surface area (Å²) in [6.07, 6.45) is 16.7. The Hall–Kier alpha value is -9.23. The number of H-pyrrole nitrogens is 4. The van der Waals surface area contributed by atoms with Gasteiger partial charge in [-0.2, -0.15) is 0 Å². The van der Waals surface area contributed by atoms with Gasteiger partial charge in [-0.3, -0.25) is 4.79 Å². The molecule has 26 heteroatoms. The molecule has 0 saturated carbocycles. The van der Waals surface area contributed by atoms with Gasteiger partial charge in [-0.15, -0.1) is 0 Å². The maximum absolute atomic E-state index is 12.3. The molecule has 0 bridgehead atoms. The second-order valence-electron chi connectivity index (χ2n) is 21.1. The lowest BCUT2D eigenvalue weighted by molar-refractivity contribution is -0.117. The number of nitrogens with two attached hydrogens (primary N) is 1. The third-order valence-electron chi connectivity index (χ3n) is 14.0. The summed E-state index contributed by atoms with van der Waals surface area (Å²) in [5, 5.41) is 9.25. The number of aromatic nitrogens is 8. The van der Waals surface area contributed by atoms with Gasteiger partial charge in [0.2, 0.25) is 5.91 Å². The van der Waals surface area contributed by atoms with Crippen molar-refractivity contribution in [2.24, 2.45) is 5.73 Å². The van der Waals surface area contributed by atoms with Crippen LogP contribution >= 0.6 is 11.6 Å². The molecular formula is C60H73ClN14O11. The van der Waals surface area contributed by atoms with Crippen LogP contribution in [0.2, 0.25) is 5.02 Å². The number of nitrogens with one attached hydrogen (secondary N) is 6. The summed E-state index contributed by atoms with van der Waals surface area (Å²) in [6.45, 7) is 22.0. The Kier molecular flexibility index (Phi) is 20.9. The summed E-state index contributed by atoms with van der Waals surface area (Å²) >= 11 is 5.98. The standard InChI is InChI=1S/C19H26N4O4.C17H20N4O3.C14H18N4O2.C10H9ClN2O2/c1-5-26-17(24)13-10-21-16-15(13)14(6-8-20-16)23-9-7-12(11-23)22-18(25)27-19(2,3)4;1-3-14(22)20-11-6-8-21(10-11)13-5-7-18-16-15(13)12(9-19-16)17(23)24-4-2;1-2-20-14(19)10-7-17-13-12(10)11(3-5-16-13)18-6-4-9(15)8-18;1-2-15-10(14)6-5-13-9-8(6)7(11)3-4-12-9/h6,8,10,12H,5,7,9,11H2,1-4H3,(H,20,21)(H,22,25);3,5,7,9,11H,1,4,6,8,10H2,2H3,(H,18,19)(H,20,22);3,5,7,9H,2,4,6,8,15H2,1H3,(H,16,17);3-5H,2H2,1H3,(H,12,13). The van der Waals surface area contributed by atoms with E-state index in [0.29, 0.717) is 94.8 Å². The molecule has 86 heavy (non-hydrogen) atoms. The maximum Gasteiger partial charge on any atom is 0.407 e. The highest BCUT2D eigenvalue weighted by atomic mass is 35.5. The van der Waals surface area contributed by atoms with E-state index in [1.807, 2.05) is 39.0 Å². The van der Waals surface area contributed by atoms with Gasteiger partial charge in [0.1, 0.15) is 28.2 Å². The minimum absolute atomic E-state index is 0.0203. The Labute approximate surface area is 501 Å². The van der Waals surface area contributed by atoms with E-state index in [1.165, 1.54) is 6.08 Å². The van der Waals surface area contributed by atoms with E-state index >= 15 is 0 Å². The lowest BCUT2D eigenvalue weighted by Crippen LogP contribution is -2.40. The van der Waals surface area contributed by atoms with Gasteiger partial charge in [0.05, 0.1) is 98.4 Å². The third kappa shape index (κ3) is 15.0. The van der Waals surface area contributed by atoms with Gasteiger partial charge in [-0.05, 0) is 98.1 Å². The van der Waals surface area contributed by atoms with E-state index in [2.05, 4.69) is 71.8 Å². The molecule has 8 N–H and O–H groups in total. The molecule has 456 valence electrons. The summed E-state index contributed by atoms with van der Waals surface area (Å²) < 4.78 is 25.6. The molecule has 3 saturated heterocycles. The lowest BCUT2D eigenvalue weighted by Gasteiger charge is -2.23. The smallest absolute Gasteiger partial charge is 0.407 e. The van der Waals surface area contributed by atoms with E-state index in [0.717, 1.165) is 78.7 Å². The second kappa shape index (κ2) is 28.6. The van der Waals surface area contributed by atoms with E-state index in [4.69, 9.17) is 41.0 Å². The molecule has 0 aliphatic carbocycles. The van der Waals surface area contributed by atoms with Crippen molar-refractivity contribution in [2.75, 3.05) is 80.4 Å². The molecule has 25 nitrogen and oxygen atoms in total. The zero-order chi connectivity index (χ0) is 61.7. The number of hydrogen-bond acceptors (Lipinski definition) is 19. The van der Waals surface area contributed by atoms with Gasteiger partial charge in [0, 0.05) is 101 Å². The van der Waals surface area contributed by atoms with Crippen LogP contribution < -0.4 is 31.1 Å². The number of rotatable bonds is 14. The number of halogens is 1. The van der Waals surface area contributed by atoms with E-state index in [-0.39, 0.29) is 41.9 Å². The van der Waals surface area contributed by atoms with Crippen LogP contribution in [0.1, 0.15) is 109 Å². The van der Waals surface area contributed by atoms with Crippen molar-refractivity contribution in [3.8, 4) is 0 Å². The molecular weight excluding hydrogens is 1130 g/mol. The molecule has 0 spiro atoms. The Morgan fingerprint density at radius 2 is 0.919 bits per heavy atom. The van der Waals surface area contributed by atoms with Crippen LogP contribution in [0, 0.1) is 0 Å². The van der Waals surface area contributed by atoms with Crippen LogP contribution in [-0.4, -0.2) is 165 Å². The summed E-state index contributed by atoms with van der Waals surface area (Å²) in [5.74, 6) is -1.62. The first-order valence-corrected chi connectivity index (χ1v) is 28.8. The first-order chi connectivity index (χ1) is 41.4. The molecule has 2 amide bonds. The fourth-order valence-electron chi connectivity index (χ4n) is 10.3. The number of anilines is 3. The molecule has 3 atom stereocenters. The minimum atomic E-state index is -0.528. The van der Waals surface area contributed by atoms with Crippen molar-refractivity contribution in [3.05, 3.63) is 114 Å². The molecule has 11 heterocycles. The monoisotopic (exact) mass is 1200 g/mol. The van der Waals surface area contributed by atoms with Crippen molar-refractivity contribution in [1.29, 1.82) is 0 Å². The fourth-order valence-corrected chi connectivity index (χ4v) is 10.6. The predicted octanol–water partition coefficient (Wildman–Crippen LogP) is 8.13. The van der Waals surface area contributed by atoms with Crippen molar-refractivity contribution >= 4 is 109 Å². The Morgan fingerprint density at radius 3 is 1.28 bits per heavy atom. The average molecular weight is 1200 g/mol. The van der Waals surface area contributed by atoms with Gasteiger partial charge in [0.25, 0.3) is 0 Å². The van der Waals surface area contributed by atoms with Crippen molar-refractivity contribution in [3.63, 3.8) is 0 Å². The highest BCUT2D eigenvalue weighted by molar-refractivity contribution is 6.36. The molecule has 0 aromatic carbocycles. The molecule has 8 aromatic rings. The maximum atomic E-state index is 12.3. The first kappa shape index (κ1) is 62.8. The van der Waals surface area contributed by atoms with Gasteiger partial charge in [0.15, 0.2) is 0 Å². The van der Waals surface area contributed by atoms with Gasteiger partial charge in [-0.1, -0.05) is 18.2 Å². The normalized spacial score (nSPS) is 16.3. The number of aromatic amines is 4. The van der Waals surface area contributed by atoms with E-state index < -0.39 is 17.7 Å². The number of amides is 2. The number of esters is 4. The van der Waals surface area contributed by atoms with Gasteiger partial charge >= 0.3 is 30.0 Å². The zero-order valence-electron chi connectivity index (χ0n) is 49.2. The molecule has 3 aliphatic heterocycles. The number of carbonyl (C=O) groups excluding carboxylic acids is 6. The number of pyridine rings is 4. The molecule has 3 aliphatic rings. The molecule has 3 fully saturated rings. The molecule has 0 radical (unpaired) electrons. The largest absolute Gasteiger partial charge is 0.462 e. The average Bonchev–Trinajstić information content (AvgIpc) is 4.18. The SMILES string of the molecule is C=CC(=O)NC1CCN(c2ccnc3[nH]cc(C(=O)OCC)c23)C1.CCOC(=O)c1c[nH]c2nccc(Cl)c12.CCOC(=O)c1c[nH]c2nccc(N3CCC(N)C3)c12.CCOC(=O)c1c[nH]c2nccc(N3CCC(NC(=O)OC(C)(C)C)C3)c12. The highest BCUT2D eigenvalue weighted by Crippen LogP contribution is 2.34. The van der Waals surface area contributed by atoms with Crippen LogP contribution in [0.15, 0.2) is 86.5 Å².